The molecule has 164 valence electrons. The van der Waals surface area contributed by atoms with Crippen molar-refractivity contribution in [2.24, 2.45) is 4.99 Å². The summed E-state index contributed by atoms with van der Waals surface area (Å²) < 4.78 is 16.8. The van der Waals surface area contributed by atoms with Crippen molar-refractivity contribution in [3.05, 3.63) is 40.6 Å². The molecule has 0 bridgehead atoms. The van der Waals surface area contributed by atoms with E-state index in [9.17, 15) is 0 Å². The summed E-state index contributed by atoms with van der Waals surface area (Å²) in [4.78, 5) is 8.23. The summed E-state index contributed by atoms with van der Waals surface area (Å²) in [5.74, 6) is 2.13. The Morgan fingerprint density at radius 1 is 1.37 bits per heavy atom. The molecule has 0 saturated carbocycles. The second-order valence-electron chi connectivity index (χ2n) is 7.08. The Bertz CT molecular complexity index is 813. The van der Waals surface area contributed by atoms with Crippen LogP contribution in [0.3, 0.4) is 0 Å². The van der Waals surface area contributed by atoms with Gasteiger partial charge in [0, 0.05) is 43.3 Å². The highest BCUT2D eigenvalue weighted by Gasteiger charge is 2.26. The minimum atomic E-state index is 0.245. The van der Waals surface area contributed by atoms with Crippen molar-refractivity contribution in [3.8, 4) is 11.5 Å². The Morgan fingerprint density at radius 3 is 2.90 bits per heavy atom. The number of benzene rings is 1. The molecular formula is C22H32N4O3S. The predicted octanol–water partition coefficient (Wildman–Crippen LogP) is 3.60. The number of nitrogens with zero attached hydrogens (tertiary/aromatic N) is 2. The molecule has 0 spiro atoms. The van der Waals surface area contributed by atoms with E-state index in [-0.39, 0.29) is 12.1 Å². The van der Waals surface area contributed by atoms with Gasteiger partial charge in [0.25, 0.3) is 0 Å². The van der Waals surface area contributed by atoms with Crippen LogP contribution in [0.1, 0.15) is 24.8 Å². The average Bonchev–Trinajstić information content (AvgIpc) is 3.28. The van der Waals surface area contributed by atoms with E-state index in [4.69, 9.17) is 14.2 Å². The summed E-state index contributed by atoms with van der Waals surface area (Å²) in [5.41, 5.74) is 0.889. The molecule has 1 fully saturated rings. The van der Waals surface area contributed by atoms with Gasteiger partial charge in [-0.1, -0.05) is 6.07 Å². The Labute approximate surface area is 183 Å². The standard InChI is InChI=1S/C22H32N4O3S/c1-5-28-20-13-17(8-9-19(20)27-4)25-22(23-3)24-14-18(21-7-6-12-30-21)26-10-11-29-16(2)15-26/h6-9,12-13,16,18H,5,10-11,14-15H2,1-4H3,(H2,23,24,25). The van der Waals surface area contributed by atoms with Crippen LogP contribution in [-0.4, -0.2) is 64.0 Å². The zero-order valence-corrected chi connectivity index (χ0v) is 19.0. The summed E-state index contributed by atoms with van der Waals surface area (Å²) in [6.45, 7) is 8.03. The fraction of sp³-hybridized carbons (Fsp3) is 0.500. The number of ether oxygens (including phenoxy) is 3. The summed E-state index contributed by atoms with van der Waals surface area (Å²) in [5, 5.41) is 8.98. The van der Waals surface area contributed by atoms with Crippen molar-refractivity contribution in [2.75, 3.05) is 52.3 Å². The largest absolute Gasteiger partial charge is 0.493 e. The number of nitrogens with one attached hydrogen (secondary N) is 2. The van der Waals surface area contributed by atoms with E-state index in [1.807, 2.05) is 25.1 Å². The lowest BCUT2D eigenvalue weighted by Gasteiger charge is -2.37. The van der Waals surface area contributed by atoms with Gasteiger partial charge < -0.3 is 24.8 Å². The molecule has 2 aromatic rings. The minimum absolute atomic E-state index is 0.245. The normalized spacial score (nSPS) is 18.7. The number of hydrogen-bond donors (Lipinski definition) is 2. The van der Waals surface area contributed by atoms with E-state index in [1.54, 1.807) is 25.5 Å². The topological polar surface area (TPSA) is 67.4 Å². The number of guanidine groups is 1. The van der Waals surface area contributed by atoms with Crippen LogP contribution in [0.2, 0.25) is 0 Å². The van der Waals surface area contributed by atoms with Gasteiger partial charge in [0.15, 0.2) is 17.5 Å². The number of anilines is 1. The first-order valence-electron chi connectivity index (χ1n) is 10.3. The number of thiophene rings is 1. The SMILES string of the molecule is CCOc1cc(NC(=NC)NCC(c2cccs2)N2CCOC(C)C2)ccc1OC. The van der Waals surface area contributed by atoms with Crippen LogP contribution in [0.15, 0.2) is 40.7 Å². The van der Waals surface area contributed by atoms with Crippen LogP contribution in [0, 0.1) is 0 Å². The first-order chi connectivity index (χ1) is 14.6. The van der Waals surface area contributed by atoms with Gasteiger partial charge in [-0.25, -0.2) is 0 Å². The van der Waals surface area contributed by atoms with E-state index in [0.717, 1.165) is 31.9 Å². The monoisotopic (exact) mass is 432 g/mol. The quantitative estimate of drug-likeness (QED) is 0.491. The highest BCUT2D eigenvalue weighted by atomic mass is 32.1. The molecule has 30 heavy (non-hydrogen) atoms. The van der Waals surface area contributed by atoms with Gasteiger partial charge in [-0.15, -0.1) is 11.3 Å². The number of rotatable bonds is 8. The molecule has 1 saturated heterocycles. The van der Waals surface area contributed by atoms with Crippen molar-refractivity contribution < 1.29 is 14.2 Å². The lowest BCUT2D eigenvalue weighted by molar-refractivity contribution is -0.0333. The van der Waals surface area contributed by atoms with Crippen LogP contribution >= 0.6 is 11.3 Å². The number of aliphatic imine (C=N–C) groups is 1. The van der Waals surface area contributed by atoms with E-state index >= 15 is 0 Å². The highest BCUT2D eigenvalue weighted by Crippen LogP contribution is 2.30. The minimum Gasteiger partial charge on any atom is -0.493 e. The molecule has 3 rings (SSSR count). The van der Waals surface area contributed by atoms with Crippen LogP contribution in [0.5, 0.6) is 11.5 Å². The molecule has 7 nitrogen and oxygen atoms in total. The van der Waals surface area contributed by atoms with Crippen molar-refractivity contribution in [3.63, 3.8) is 0 Å². The second-order valence-corrected chi connectivity index (χ2v) is 8.06. The van der Waals surface area contributed by atoms with Crippen molar-refractivity contribution in [2.45, 2.75) is 26.0 Å². The van der Waals surface area contributed by atoms with Crippen molar-refractivity contribution in [1.29, 1.82) is 0 Å². The molecule has 2 N–H and O–H groups in total. The molecule has 2 heterocycles. The summed E-state index contributed by atoms with van der Waals surface area (Å²) in [7, 11) is 3.42. The third-order valence-electron chi connectivity index (χ3n) is 5.00. The van der Waals surface area contributed by atoms with E-state index in [0.29, 0.717) is 24.1 Å². The Kier molecular flexibility index (Phi) is 8.36. The van der Waals surface area contributed by atoms with E-state index in [2.05, 4.69) is 45.0 Å². The van der Waals surface area contributed by atoms with Crippen LogP contribution in [-0.2, 0) is 4.74 Å². The molecule has 1 aliphatic rings. The maximum atomic E-state index is 5.73. The van der Waals surface area contributed by atoms with Gasteiger partial charge in [0.2, 0.25) is 0 Å². The molecule has 0 aliphatic carbocycles. The van der Waals surface area contributed by atoms with Crippen LogP contribution in [0.25, 0.3) is 0 Å². The fourth-order valence-corrected chi connectivity index (χ4v) is 4.41. The van der Waals surface area contributed by atoms with Gasteiger partial charge in [0.05, 0.1) is 32.5 Å². The van der Waals surface area contributed by atoms with Gasteiger partial charge in [0.1, 0.15) is 0 Å². The summed E-state index contributed by atoms with van der Waals surface area (Å²) in [6, 6.07) is 10.3. The predicted molar refractivity (Wildman–Crippen MR) is 123 cm³/mol. The van der Waals surface area contributed by atoms with Gasteiger partial charge >= 0.3 is 0 Å². The molecule has 8 heteroatoms. The maximum absolute atomic E-state index is 5.73. The summed E-state index contributed by atoms with van der Waals surface area (Å²) in [6.07, 6.45) is 0.245. The third-order valence-corrected chi connectivity index (χ3v) is 5.97. The zero-order valence-electron chi connectivity index (χ0n) is 18.2. The van der Waals surface area contributed by atoms with Gasteiger partial charge in [-0.2, -0.15) is 0 Å². The lowest BCUT2D eigenvalue weighted by atomic mass is 10.1. The maximum Gasteiger partial charge on any atom is 0.195 e. The first-order valence-corrected chi connectivity index (χ1v) is 11.2. The van der Waals surface area contributed by atoms with Gasteiger partial charge in [-0.3, -0.25) is 9.89 Å². The average molecular weight is 433 g/mol. The zero-order chi connectivity index (χ0) is 21.3. The molecule has 1 aliphatic heterocycles. The van der Waals surface area contributed by atoms with Crippen LogP contribution < -0.4 is 20.1 Å². The Morgan fingerprint density at radius 2 is 2.23 bits per heavy atom. The second kappa shape index (κ2) is 11.2. The number of methoxy groups -OCH3 is 1. The molecular weight excluding hydrogens is 400 g/mol. The number of hydrogen-bond acceptors (Lipinski definition) is 6. The molecule has 0 radical (unpaired) electrons. The van der Waals surface area contributed by atoms with Crippen molar-refractivity contribution >= 4 is 23.0 Å². The molecule has 1 aromatic heterocycles. The van der Waals surface area contributed by atoms with Crippen LogP contribution in [0.4, 0.5) is 5.69 Å². The third kappa shape index (κ3) is 5.87. The fourth-order valence-electron chi connectivity index (χ4n) is 3.55. The molecule has 1 aromatic carbocycles. The molecule has 0 amide bonds. The smallest absolute Gasteiger partial charge is 0.195 e. The van der Waals surface area contributed by atoms with E-state index < -0.39 is 0 Å². The Hall–Kier alpha value is -2.29. The molecule has 2 unspecified atom stereocenters. The number of morpholine rings is 1. The Balaban J connectivity index is 1.67. The summed E-state index contributed by atoms with van der Waals surface area (Å²) >= 11 is 1.79. The lowest BCUT2D eigenvalue weighted by Crippen LogP contribution is -2.47. The highest BCUT2D eigenvalue weighted by molar-refractivity contribution is 7.10. The van der Waals surface area contributed by atoms with Gasteiger partial charge in [-0.05, 0) is 37.4 Å². The van der Waals surface area contributed by atoms with Crippen molar-refractivity contribution in [1.82, 2.24) is 10.2 Å². The first kappa shape index (κ1) is 22.4. The van der Waals surface area contributed by atoms with E-state index in [1.165, 1.54) is 4.88 Å². The molecule has 2 atom stereocenters.